The zero-order chi connectivity index (χ0) is 28.4. The summed E-state index contributed by atoms with van der Waals surface area (Å²) in [6, 6.07) is 53.2. The van der Waals surface area contributed by atoms with Gasteiger partial charge in [-0.1, -0.05) is 0 Å². The van der Waals surface area contributed by atoms with Gasteiger partial charge in [0.2, 0.25) is 0 Å². The van der Waals surface area contributed by atoms with Crippen LogP contribution in [0.25, 0.3) is 5.57 Å². The number of allylic oxidation sites excluding steroid dienone is 1. The quantitative estimate of drug-likeness (QED) is 0.154. The van der Waals surface area contributed by atoms with Crippen molar-refractivity contribution in [1.82, 2.24) is 9.44 Å². The fourth-order valence-corrected chi connectivity index (χ4v) is 13.2. The van der Waals surface area contributed by atoms with Gasteiger partial charge in [-0.05, 0) is 0 Å². The van der Waals surface area contributed by atoms with Crippen LogP contribution in [0, 0.1) is 0 Å². The molecule has 0 saturated carbocycles. The van der Waals surface area contributed by atoms with E-state index in [0.29, 0.717) is 6.16 Å². The van der Waals surface area contributed by atoms with Gasteiger partial charge in [0.05, 0.1) is 0 Å². The number of rotatable bonds is 7. The molecule has 0 bridgehead atoms. The molecular weight excluding hydrogens is 573 g/mol. The summed E-state index contributed by atoms with van der Waals surface area (Å²) < 4.78 is 7.31. The van der Waals surface area contributed by atoms with Crippen molar-refractivity contribution in [1.29, 1.82) is 0 Å². The molecule has 7 rings (SSSR count). The first-order valence-corrected chi connectivity index (χ1v) is 18.3. The van der Waals surface area contributed by atoms with Gasteiger partial charge in [0.15, 0.2) is 0 Å². The van der Waals surface area contributed by atoms with Crippen LogP contribution in [0.5, 0.6) is 0 Å². The number of benzene rings is 5. The molecule has 208 valence electrons. The summed E-state index contributed by atoms with van der Waals surface area (Å²) in [7, 11) is 0. The first-order valence-electron chi connectivity index (χ1n) is 14.2. The van der Waals surface area contributed by atoms with Gasteiger partial charge in [-0.25, -0.2) is 0 Å². The van der Waals surface area contributed by atoms with Gasteiger partial charge >= 0.3 is 258 Å². The summed E-state index contributed by atoms with van der Waals surface area (Å²) in [5, 5.41) is 3.40. The molecular formula is C36H31ClN3PS. The fourth-order valence-electron chi connectivity index (χ4n) is 6.35. The molecule has 2 heterocycles. The minimum atomic E-state index is -3.64. The molecule has 3 nitrogen and oxygen atoms in total. The van der Waals surface area contributed by atoms with Gasteiger partial charge in [-0.15, -0.1) is 0 Å². The zero-order valence-electron chi connectivity index (χ0n) is 23.0. The van der Waals surface area contributed by atoms with Gasteiger partial charge in [0.25, 0.3) is 0 Å². The van der Waals surface area contributed by atoms with E-state index in [1.807, 2.05) is 0 Å². The maximum absolute atomic E-state index is 8.58. The van der Waals surface area contributed by atoms with E-state index in [9.17, 15) is 0 Å². The van der Waals surface area contributed by atoms with Gasteiger partial charge < -0.3 is 0 Å². The Morgan fingerprint density at radius 3 is 1.43 bits per heavy atom. The molecule has 0 spiro atoms. The Balaban J connectivity index is 1.57. The van der Waals surface area contributed by atoms with E-state index in [1.54, 1.807) is 12.1 Å². The van der Waals surface area contributed by atoms with Crippen molar-refractivity contribution < 1.29 is 0 Å². The van der Waals surface area contributed by atoms with Gasteiger partial charge in [0.1, 0.15) is 0 Å². The van der Waals surface area contributed by atoms with Crippen LogP contribution in [-0.4, -0.2) is 24.0 Å². The van der Waals surface area contributed by atoms with Crippen LogP contribution < -0.4 is 25.4 Å². The van der Waals surface area contributed by atoms with Crippen LogP contribution >= 0.6 is 29.3 Å². The Morgan fingerprint density at radius 1 is 0.548 bits per heavy atom. The summed E-state index contributed by atoms with van der Waals surface area (Å²) in [6.45, 7) is 0. The average Bonchev–Trinajstić information content (AvgIpc) is 3.56. The molecule has 2 aliphatic rings. The normalized spacial score (nSPS) is 19.5. The molecule has 2 unspecified atom stereocenters. The van der Waals surface area contributed by atoms with Crippen molar-refractivity contribution in [2.24, 2.45) is 4.99 Å². The van der Waals surface area contributed by atoms with Crippen LogP contribution in [0.3, 0.4) is 0 Å². The number of hydrogen-bond acceptors (Lipinski definition) is 4. The second-order valence-electron chi connectivity index (χ2n) is 10.7. The molecule has 42 heavy (non-hydrogen) atoms. The Labute approximate surface area is 256 Å². The van der Waals surface area contributed by atoms with Crippen LogP contribution in [0.2, 0.25) is 0 Å². The van der Waals surface area contributed by atoms with Crippen LogP contribution in [0.1, 0.15) is 11.1 Å². The average molecular weight is 604 g/mol. The summed E-state index contributed by atoms with van der Waals surface area (Å²) >= 11 is 10.1. The Kier molecular flexibility index (Phi) is 7.35. The Morgan fingerprint density at radius 2 is 0.952 bits per heavy atom. The van der Waals surface area contributed by atoms with E-state index < -0.39 is 5.96 Å². The van der Waals surface area contributed by atoms with E-state index in [-0.39, 0.29) is 12.1 Å². The van der Waals surface area contributed by atoms with Gasteiger partial charge in [0, 0.05) is 0 Å². The van der Waals surface area contributed by atoms with Crippen LogP contribution in [-0.2, 0) is 0 Å². The molecule has 0 aromatic heterocycles. The number of nitrogens with zero attached hydrogens (tertiary/aromatic N) is 1. The predicted molar refractivity (Wildman–Crippen MR) is 184 cm³/mol. The summed E-state index contributed by atoms with van der Waals surface area (Å²) in [5.41, 5.74) is 5.51. The number of hydrogen-bond donors (Lipinski definition) is 2. The molecule has 1 fully saturated rings. The molecule has 6 heteroatoms. The number of fused-ring (bicyclic) bond motifs is 1. The predicted octanol–water partition coefficient (Wildman–Crippen LogP) is 7.08. The topological polar surface area (TPSA) is 36.4 Å². The van der Waals surface area contributed by atoms with E-state index >= 15 is 0 Å². The second kappa shape index (κ2) is 11.3. The van der Waals surface area contributed by atoms with Crippen molar-refractivity contribution in [2.45, 2.75) is 12.1 Å². The molecule has 0 aliphatic carbocycles. The number of halogens is 1. The molecule has 2 aliphatic heterocycles. The SMILES string of the molecule is ClP(CC1=C(c2ccccc2)C2NSNC2C(c2ccccc2)=N1)(c1ccccc1)(c1ccccc1)c1ccccc1. The van der Waals surface area contributed by atoms with Crippen LogP contribution in [0.4, 0.5) is 0 Å². The molecule has 1 saturated heterocycles. The van der Waals surface area contributed by atoms with Crippen molar-refractivity contribution in [3.63, 3.8) is 0 Å². The van der Waals surface area contributed by atoms with Crippen LogP contribution in [0.15, 0.2) is 162 Å². The Bertz CT molecular complexity index is 1650. The minimum absolute atomic E-state index is 0.0166. The third-order valence-corrected chi connectivity index (χ3v) is 16.2. The first-order chi connectivity index (χ1) is 20.7. The molecule has 2 atom stereocenters. The van der Waals surface area contributed by atoms with E-state index in [2.05, 4.69) is 161 Å². The molecule has 0 amide bonds. The Hall–Kier alpha value is -3.50. The van der Waals surface area contributed by atoms with E-state index in [1.165, 1.54) is 5.57 Å². The van der Waals surface area contributed by atoms with Crippen molar-refractivity contribution in [3.05, 3.63) is 168 Å². The van der Waals surface area contributed by atoms with Crippen molar-refractivity contribution >= 4 is 56.5 Å². The monoisotopic (exact) mass is 603 g/mol. The molecule has 5 aromatic rings. The van der Waals surface area contributed by atoms with Gasteiger partial charge in [-0.2, -0.15) is 0 Å². The summed E-state index contributed by atoms with van der Waals surface area (Å²) in [5.74, 6) is -3.64. The number of aliphatic imine (C=N–C) groups is 1. The van der Waals surface area contributed by atoms with Crippen molar-refractivity contribution in [2.75, 3.05) is 6.16 Å². The molecule has 2 N–H and O–H groups in total. The first kappa shape index (κ1) is 27.3. The second-order valence-corrected chi connectivity index (χ2v) is 17.9. The third-order valence-electron chi connectivity index (χ3n) is 8.36. The van der Waals surface area contributed by atoms with E-state index in [0.717, 1.165) is 38.4 Å². The standard InChI is InChI=1S/C36H31ClN3PS/c37-41(29-20-10-3-11-21-29,30-22-12-4-13-23-30,31-24-14-5-15-25-31)26-32-33(27-16-6-1-7-17-27)35-36(40-42-39-35)34(38-32)28-18-8-2-9-19-28/h1-25,35-36,39-40H,26H2. The summed E-state index contributed by atoms with van der Waals surface area (Å²) in [4.78, 5) is 5.59. The summed E-state index contributed by atoms with van der Waals surface area (Å²) in [6.07, 6.45) is 0.571. The zero-order valence-corrected chi connectivity index (χ0v) is 25.4. The van der Waals surface area contributed by atoms with Gasteiger partial charge in [-0.3, -0.25) is 0 Å². The molecule has 5 aromatic carbocycles. The third kappa shape index (κ3) is 4.55. The number of nitrogens with one attached hydrogen (secondary N) is 2. The van der Waals surface area contributed by atoms with Crippen molar-refractivity contribution in [3.8, 4) is 0 Å². The maximum atomic E-state index is 8.58. The van der Waals surface area contributed by atoms with E-state index in [4.69, 9.17) is 16.2 Å². The fraction of sp³-hybridized carbons (Fsp3) is 0.0833. The molecule has 0 radical (unpaired) electrons.